The van der Waals surface area contributed by atoms with E-state index in [0.29, 0.717) is 11.6 Å². The zero-order chi connectivity index (χ0) is 18.4. The van der Waals surface area contributed by atoms with E-state index < -0.39 is 0 Å². The van der Waals surface area contributed by atoms with Gasteiger partial charge in [0, 0.05) is 30.1 Å². The Kier molecular flexibility index (Phi) is 5.43. The molecular formula is C20H21N5O. The van der Waals surface area contributed by atoms with Crippen molar-refractivity contribution in [1.82, 2.24) is 9.97 Å². The second-order valence-electron chi connectivity index (χ2n) is 5.85. The van der Waals surface area contributed by atoms with Crippen LogP contribution in [-0.4, -0.2) is 15.9 Å². The first-order valence-corrected chi connectivity index (χ1v) is 8.45. The van der Waals surface area contributed by atoms with Gasteiger partial charge in [0.15, 0.2) is 0 Å². The lowest BCUT2D eigenvalue weighted by atomic mass is 10.1. The molecule has 3 aromatic rings. The lowest BCUT2D eigenvalue weighted by Crippen LogP contribution is -2.06. The number of nitrogens with zero attached hydrogens (tertiary/aromatic N) is 2. The lowest BCUT2D eigenvalue weighted by Gasteiger charge is -2.10. The number of hydrogen-bond acceptors (Lipinski definition) is 5. The third-order valence-electron chi connectivity index (χ3n) is 3.76. The summed E-state index contributed by atoms with van der Waals surface area (Å²) in [5.74, 6) is 1.25. The molecule has 0 bridgehead atoms. The van der Waals surface area contributed by atoms with Crippen molar-refractivity contribution >= 4 is 34.6 Å². The minimum atomic E-state index is -0.107. The van der Waals surface area contributed by atoms with Gasteiger partial charge in [0.1, 0.15) is 18.0 Å². The number of rotatable bonds is 6. The third-order valence-corrected chi connectivity index (χ3v) is 3.76. The second kappa shape index (κ2) is 8.11. The molecule has 0 radical (unpaired) electrons. The van der Waals surface area contributed by atoms with Crippen LogP contribution in [0, 0.1) is 0 Å². The molecule has 0 fully saturated rings. The Morgan fingerprint density at radius 1 is 0.885 bits per heavy atom. The van der Waals surface area contributed by atoms with Crippen LogP contribution in [0.25, 0.3) is 0 Å². The normalized spacial score (nSPS) is 10.2. The summed E-state index contributed by atoms with van der Waals surface area (Å²) in [7, 11) is 0. The van der Waals surface area contributed by atoms with Gasteiger partial charge in [0.25, 0.3) is 0 Å². The molecule has 0 aliphatic carbocycles. The molecule has 1 aromatic heterocycles. The molecule has 26 heavy (non-hydrogen) atoms. The number of benzene rings is 2. The molecule has 0 aliphatic rings. The van der Waals surface area contributed by atoms with Gasteiger partial charge in [0.2, 0.25) is 5.91 Å². The molecule has 0 spiro atoms. The second-order valence-corrected chi connectivity index (χ2v) is 5.85. The first-order valence-electron chi connectivity index (χ1n) is 8.45. The highest BCUT2D eigenvalue weighted by Gasteiger charge is 2.02. The zero-order valence-electron chi connectivity index (χ0n) is 14.8. The highest BCUT2D eigenvalue weighted by atomic mass is 16.1. The highest BCUT2D eigenvalue weighted by molar-refractivity contribution is 5.89. The van der Waals surface area contributed by atoms with Gasteiger partial charge in [-0.2, -0.15) is 0 Å². The van der Waals surface area contributed by atoms with Crippen LogP contribution in [0.15, 0.2) is 60.9 Å². The van der Waals surface area contributed by atoms with Gasteiger partial charge in [-0.25, -0.2) is 9.97 Å². The summed E-state index contributed by atoms with van der Waals surface area (Å²) in [6.07, 6.45) is 2.52. The maximum absolute atomic E-state index is 11.2. The van der Waals surface area contributed by atoms with Crippen LogP contribution in [0.5, 0.6) is 0 Å². The molecule has 0 saturated heterocycles. The van der Waals surface area contributed by atoms with E-state index in [1.807, 2.05) is 42.5 Å². The standard InChI is InChI=1S/C20H21N5O/c1-3-15-7-9-16(10-8-15)24-19-12-20(22-13-21-19)25-18-6-4-5-17(11-18)23-14(2)26/h4-13H,3H2,1-2H3,(H,23,26)(H2,21,22,24,25). The maximum atomic E-state index is 11.2. The van der Waals surface area contributed by atoms with Crippen molar-refractivity contribution in [3.63, 3.8) is 0 Å². The number of aryl methyl sites for hydroxylation is 1. The number of aromatic nitrogens is 2. The fourth-order valence-corrected chi connectivity index (χ4v) is 2.49. The smallest absolute Gasteiger partial charge is 0.221 e. The highest BCUT2D eigenvalue weighted by Crippen LogP contribution is 2.21. The molecule has 0 unspecified atom stereocenters. The van der Waals surface area contributed by atoms with Gasteiger partial charge in [0.05, 0.1) is 0 Å². The van der Waals surface area contributed by atoms with Crippen LogP contribution in [0.2, 0.25) is 0 Å². The van der Waals surface area contributed by atoms with Gasteiger partial charge in [-0.3, -0.25) is 4.79 Å². The van der Waals surface area contributed by atoms with Crippen molar-refractivity contribution in [2.24, 2.45) is 0 Å². The number of anilines is 5. The van der Waals surface area contributed by atoms with E-state index in [4.69, 9.17) is 0 Å². The molecule has 1 heterocycles. The Bertz CT molecular complexity index is 893. The molecular weight excluding hydrogens is 326 g/mol. The van der Waals surface area contributed by atoms with Crippen molar-refractivity contribution in [2.45, 2.75) is 20.3 Å². The van der Waals surface area contributed by atoms with E-state index in [1.165, 1.54) is 18.8 Å². The van der Waals surface area contributed by atoms with E-state index in [1.54, 1.807) is 0 Å². The number of carbonyl (C=O) groups excluding carboxylic acids is 1. The molecule has 0 saturated carbocycles. The Labute approximate surface area is 152 Å². The Morgan fingerprint density at radius 3 is 2.19 bits per heavy atom. The molecule has 6 nitrogen and oxygen atoms in total. The minimum absolute atomic E-state index is 0.107. The molecule has 3 N–H and O–H groups in total. The van der Waals surface area contributed by atoms with E-state index in [9.17, 15) is 4.79 Å². The van der Waals surface area contributed by atoms with Crippen molar-refractivity contribution in [3.8, 4) is 0 Å². The van der Waals surface area contributed by atoms with Gasteiger partial charge in [-0.15, -0.1) is 0 Å². The Balaban J connectivity index is 1.71. The Morgan fingerprint density at radius 2 is 1.54 bits per heavy atom. The van der Waals surface area contributed by atoms with Crippen molar-refractivity contribution in [2.75, 3.05) is 16.0 Å². The van der Waals surface area contributed by atoms with E-state index in [0.717, 1.165) is 23.5 Å². The van der Waals surface area contributed by atoms with Gasteiger partial charge < -0.3 is 16.0 Å². The van der Waals surface area contributed by atoms with Crippen LogP contribution in [0.3, 0.4) is 0 Å². The number of hydrogen-bond donors (Lipinski definition) is 3. The third kappa shape index (κ3) is 4.80. The van der Waals surface area contributed by atoms with Crippen LogP contribution in [0.1, 0.15) is 19.4 Å². The summed E-state index contributed by atoms with van der Waals surface area (Å²) in [4.78, 5) is 19.7. The monoisotopic (exact) mass is 347 g/mol. The van der Waals surface area contributed by atoms with Crippen molar-refractivity contribution in [1.29, 1.82) is 0 Å². The number of carbonyl (C=O) groups is 1. The molecule has 132 valence electrons. The van der Waals surface area contributed by atoms with Crippen LogP contribution in [-0.2, 0) is 11.2 Å². The fourth-order valence-electron chi connectivity index (χ4n) is 2.49. The quantitative estimate of drug-likeness (QED) is 0.612. The van der Waals surface area contributed by atoms with Crippen LogP contribution in [0.4, 0.5) is 28.7 Å². The molecule has 0 atom stereocenters. The summed E-state index contributed by atoms with van der Waals surface area (Å²) in [5.41, 5.74) is 3.82. The maximum Gasteiger partial charge on any atom is 0.221 e. The molecule has 3 rings (SSSR count). The average molecular weight is 347 g/mol. The summed E-state index contributed by atoms with van der Waals surface area (Å²) in [6.45, 7) is 3.61. The predicted molar refractivity (Wildman–Crippen MR) is 105 cm³/mol. The molecule has 2 aromatic carbocycles. The summed E-state index contributed by atoms with van der Waals surface area (Å²) < 4.78 is 0. The van der Waals surface area contributed by atoms with Gasteiger partial charge >= 0.3 is 0 Å². The SMILES string of the molecule is CCc1ccc(Nc2cc(Nc3cccc(NC(C)=O)c3)ncn2)cc1. The largest absolute Gasteiger partial charge is 0.340 e. The first kappa shape index (κ1) is 17.4. The summed E-state index contributed by atoms with van der Waals surface area (Å²) >= 11 is 0. The van der Waals surface area contributed by atoms with E-state index in [-0.39, 0.29) is 5.91 Å². The summed E-state index contributed by atoms with van der Waals surface area (Å²) in [5, 5.41) is 9.25. The first-order chi connectivity index (χ1) is 12.6. The lowest BCUT2D eigenvalue weighted by molar-refractivity contribution is -0.114. The molecule has 1 amide bonds. The zero-order valence-corrected chi connectivity index (χ0v) is 14.8. The molecule has 6 heteroatoms. The van der Waals surface area contributed by atoms with Gasteiger partial charge in [-0.1, -0.05) is 25.1 Å². The average Bonchev–Trinajstić information content (AvgIpc) is 2.62. The van der Waals surface area contributed by atoms with Crippen molar-refractivity contribution in [3.05, 3.63) is 66.5 Å². The van der Waals surface area contributed by atoms with Gasteiger partial charge in [-0.05, 0) is 42.3 Å². The van der Waals surface area contributed by atoms with Crippen LogP contribution < -0.4 is 16.0 Å². The summed E-state index contributed by atoms with van der Waals surface area (Å²) in [6, 6.07) is 17.5. The number of nitrogens with one attached hydrogen (secondary N) is 3. The van der Waals surface area contributed by atoms with Crippen LogP contribution >= 0.6 is 0 Å². The Hall–Kier alpha value is -3.41. The molecule has 0 aliphatic heterocycles. The predicted octanol–water partition coefficient (Wildman–Crippen LogP) is 4.48. The topological polar surface area (TPSA) is 78.9 Å². The van der Waals surface area contributed by atoms with E-state index in [2.05, 4.69) is 45.0 Å². The van der Waals surface area contributed by atoms with Crippen molar-refractivity contribution < 1.29 is 4.79 Å². The number of amides is 1. The minimum Gasteiger partial charge on any atom is -0.340 e. The van der Waals surface area contributed by atoms with E-state index >= 15 is 0 Å². The fraction of sp³-hybridized carbons (Fsp3) is 0.150.